The molecule has 1 atom stereocenters. The number of aromatic amines is 2. The van der Waals surface area contributed by atoms with Crippen LogP contribution in [0.4, 0.5) is 17.1 Å². The van der Waals surface area contributed by atoms with Gasteiger partial charge in [-0.2, -0.15) is 0 Å². The molecule has 0 spiro atoms. The monoisotopic (exact) mass is 413 g/mol. The van der Waals surface area contributed by atoms with Crippen molar-refractivity contribution in [3.05, 3.63) is 68.6 Å². The highest BCUT2D eigenvalue weighted by molar-refractivity contribution is 5.98. The van der Waals surface area contributed by atoms with Gasteiger partial charge in [0.1, 0.15) is 17.1 Å². The van der Waals surface area contributed by atoms with E-state index in [9.17, 15) is 19.5 Å². The molecular weight excluding hydrogens is 390 g/mol. The first-order chi connectivity index (χ1) is 14.3. The van der Waals surface area contributed by atoms with Crippen molar-refractivity contribution in [3.8, 4) is 5.75 Å². The van der Waals surface area contributed by atoms with Crippen LogP contribution in [-0.2, 0) is 0 Å². The average molecular weight is 413 g/mol. The molecule has 2 aromatic heterocycles. The van der Waals surface area contributed by atoms with Crippen molar-refractivity contribution in [1.29, 1.82) is 0 Å². The molecule has 3 aromatic rings. The molecule has 0 fully saturated rings. The van der Waals surface area contributed by atoms with E-state index in [0.29, 0.717) is 12.2 Å². The van der Waals surface area contributed by atoms with E-state index in [1.54, 1.807) is 32.3 Å². The summed E-state index contributed by atoms with van der Waals surface area (Å²) in [5.74, 6) is -0.136. The summed E-state index contributed by atoms with van der Waals surface area (Å²) in [6.45, 7) is 1.90. The highest BCUT2D eigenvalue weighted by Gasteiger charge is 2.21. The van der Waals surface area contributed by atoms with Crippen LogP contribution in [0.15, 0.2) is 50.6 Å². The summed E-state index contributed by atoms with van der Waals surface area (Å²) >= 11 is 0. The van der Waals surface area contributed by atoms with Gasteiger partial charge in [-0.05, 0) is 30.7 Å². The average Bonchev–Trinajstić information content (AvgIpc) is 3.25. The van der Waals surface area contributed by atoms with Crippen LogP contribution in [-0.4, -0.2) is 40.2 Å². The summed E-state index contributed by atoms with van der Waals surface area (Å²) in [7, 11) is 3.12. The standard InChI is InChI=1S/C20H23N5O5/c1-4-12(14-9-6-10-30-14)21-15-16(19(28)24-23-18(15)27)22-13-8-5-7-11(17(13)26)20(29)25(2)3/h5-10,12,26H,4H2,1-3H3,(H2,21,24,28)(H2,22,23,27)/t12-/m1/s1. The molecule has 10 heteroatoms. The summed E-state index contributed by atoms with van der Waals surface area (Å²) in [5, 5.41) is 20.9. The first-order valence-corrected chi connectivity index (χ1v) is 9.29. The molecule has 158 valence electrons. The molecule has 0 radical (unpaired) electrons. The van der Waals surface area contributed by atoms with Gasteiger partial charge in [0.25, 0.3) is 17.0 Å². The molecule has 5 N–H and O–H groups in total. The van der Waals surface area contributed by atoms with E-state index >= 15 is 0 Å². The molecule has 0 saturated carbocycles. The summed E-state index contributed by atoms with van der Waals surface area (Å²) in [4.78, 5) is 38.5. The Hall–Kier alpha value is -3.95. The molecule has 1 amide bonds. The smallest absolute Gasteiger partial charge is 0.288 e. The van der Waals surface area contributed by atoms with Gasteiger partial charge in [0.15, 0.2) is 5.75 Å². The number of para-hydroxylation sites is 1. The van der Waals surface area contributed by atoms with Gasteiger partial charge in [-0.15, -0.1) is 0 Å². The van der Waals surface area contributed by atoms with Crippen molar-refractivity contribution in [2.75, 3.05) is 24.7 Å². The van der Waals surface area contributed by atoms with Gasteiger partial charge in [0.05, 0.1) is 23.6 Å². The Morgan fingerprint density at radius 2 is 1.83 bits per heavy atom. The van der Waals surface area contributed by atoms with Crippen LogP contribution in [0.5, 0.6) is 5.75 Å². The van der Waals surface area contributed by atoms with E-state index in [2.05, 4.69) is 20.8 Å². The number of hydrogen-bond acceptors (Lipinski definition) is 7. The van der Waals surface area contributed by atoms with Crippen molar-refractivity contribution in [2.45, 2.75) is 19.4 Å². The van der Waals surface area contributed by atoms with E-state index in [-0.39, 0.29) is 34.4 Å². The minimum Gasteiger partial charge on any atom is -0.505 e. The van der Waals surface area contributed by atoms with Crippen LogP contribution >= 0.6 is 0 Å². The molecule has 0 aliphatic rings. The van der Waals surface area contributed by atoms with Gasteiger partial charge in [0.2, 0.25) is 0 Å². The zero-order valence-electron chi connectivity index (χ0n) is 16.8. The second-order valence-corrected chi connectivity index (χ2v) is 6.81. The fourth-order valence-corrected chi connectivity index (χ4v) is 2.95. The van der Waals surface area contributed by atoms with Gasteiger partial charge < -0.3 is 25.1 Å². The van der Waals surface area contributed by atoms with Crippen LogP contribution in [0, 0.1) is 0 Å². The quantitative estimate of drug-likeness (QED) is 0.374. The predicted octanol–water partition coefficient (Wildman–Crippen LogP) is 2.37. The zero-order chi connectivity index (χ0) is 21.8. The predicted molar refractivity (Wildman–Crippen MR) is 112 cm³/mol. The van der Waals surface area contributed by atoms with Gasteiger partial charge in [-0.25, -0.2) is 0 Å². The summed E-state index contributed by atoms with van der Waals surface area (Å²) < 4.78 is 5.41. The number of hydrogen-bond donors (Lipinski definition) is 5. The van der Waals surface area contributed by atoms with Crippen molar-refractivity contribution in [1.82, 2.24) is 15.1 Å². The Kier molecular flexibility index (Phi) is 5.95. The van der Waals surface area contributed by atoms with Crippen LogP contribution in [0.2, 0.25) is 0 Å². The Balaban J connectivity index is 2.03. The van der Waals surface area contributed by atoms with Crippen molar-refractivity contribution >= 4 is 23.0 Å². The number of rotatable bonds is 7. The second-order valence-electron chi connectivity index (χ2n) is 6.81. The first kappa shape index (κ1) is 20.8. The van der Waals surface area contributed by atoms with Gasteiger partial charge in [0, 0.05) is 14.1 Å². The largest absolute Gasteiger partial charge is 0.505 e. The lowest BCUT2D eigenvalue weighted by Gasteiger charge is -2.19. The number of anilines is 3. The lowest BCUT2D eigenvalue weighted by atomic mass is 10.1. The minimum absolute atomic E-state index is 0.0225. The Morgan fingerprint density at radius 3 is 2.43 bits per heavy atom. The second kappa shape index (κ2) is 8.60. The first-order valence-electron chi connectivity index (χ1n) is 9.29. The van der Waals surface area contributed by atoms with E-state index in [4.69, 9.17) is 4.42 Å². The number of amides is 1. The molecule has 0 saturated heterocycles. The lowest BCUT2D eigenvalue weighted by Crippen LogP contribution is -2.27. The molecule has 3 rings (SSSR count). The fourth-order valence-electron chi connectivity index (χ4n) is 2.95. The normalized spacial score (nSPS) is 11.7. The van der Waals surface area contributed by atoms with Crippen LogP contribution < -0.4 is 21.8 Å². The number of benzene rings is 1. The number of H-pyrrole nitrogens is 2. The Morgan fingerprint density at radius 1 is 1.13 bits per heavy atom. The molecule has 10 nitrogen and oxygen atoms in total. The van der Waals surface area contributed by atoms with Gasteiger partial charge in [-0.1, -0.05) is 13.0 Å². The third kappa shape index (κ3) is 4.07. The van der Waals surface area contributed by atoms with Gasteiger partial charge >= 0.3 is 0 Å². The van der Waals surface area contributed by atoms with E-state index in [0.717, 1.165) is 0 Å². The van der Waals surface area contributed by atoms with E-state index in [1.807, 2.05) is 6.92 Å². The molecule has 2 heterocycles. The number of nitrogens with one attached hydrogen (secondary N) is 4. The molecule has 0 unspecified atom stereocenters. The van der Waals surface area contributed by atoms with Crippen molar-refractivity contribution in [3.63, 3.8) is 0 Å². The summed E-state index contributed by atoms with van der Waals surface area (Å²) in [5.41, 5.74) is -1.15. The van der Waals surface area contributed by atoms with Crippen LogP contribution in [0.25, 0.3) is 0 Å². The highest BCUT2D eigenvalue weighted by atomic mass is 16.3. The number of phenols is 1. The number of carbonyl (C=O) groups excluding carboxylic acids is 1. The maximum atomic E-state index is 12.5. The Labute approximate surface area is 171 Å². The van der Waals surface area contributed by atoms with Crippen molar-refractivity contribution in [2.24, 2.45) is 0 Å². The number of carbonyl (C=O) groups is 1. The van der Waals surface area contributed by atoms with E-state index in [1.165, 1.54) is 23.3 Å². The maximum Gasteiger partial charge on any atom is 0.288 e. The van der Waals surface area contributed by atoms with E-state index < -0.39 is 17.0 Å². The molecule has 1 aromatic carbocycles. The minimum atomic E-state index is -0.616. The summed E-state index contributed by atoms with van der Waals surface area (Å²) in [6.07, 6.45) is 2.10. The SMILES string of the molecule is CC[C@@H](Nc1c(Nc2cccc(C(=O)N(C)C)c2O)c(=O)[nH][nH]c1=O)c1ccco1. The zero-order valence-corrected chi connectivity index (χ0v) is 16.8. The number of furan rings is 1. The van der Waals surface area contributed by atoms with Gasteiger partial charge in [-0.3, -0.25) is 24.6 Å². The number of nitrogens with zero attached hydrogens (tertiary/aromatic N) is 1. The summed E-state index contributed by atoms with van der Waals surface area (Å²) in [6, 6.07) is 7.65. The molecule has 0 aliphatic heterocycles. The highest BCUT2D eigenvalue weighted by Crippen LogP contribution is 2.32. The number of aromatic hydroxyl groups is 1. The van der Waals surface area contributed by atoms with Crippen molar-refractivity contribution < 1.29 is 14.3 Å². The van der Waals surface area contributed by atoms with Crippen LogP contribution in [0.3, 0.4) is 0 Å². The lowest BCUT2D eigenvalue weighted by molar-refractivity contribution is 0.0824. The molecule has 0 bridgehead atoms. The third-order valence-electron chi connectivity index (χ3n) is 4.54. The fraction of sp³-hybridized carbons (Fsp3) is 0.250. The molecule has 30 heavy (non-hydrogen) atoms. The molecule has 0 aliphatic carbocycles. The number of phenolic OH excluding ortho intramolecular Hbond substituents is 1. The number of aromatic nitrogens is 2. The molecular formula is C20H23N5O5. The Bertz CT molecular complexity index is 1150. The maximum absolute atomic E-state index is 12.5. The topological polar surface area (TPSA) is 143 Å². The van der Waals surface area contributed by atoms with Crippen LogP contribution in [0.1, 0.15) is 35.5 Å². The third-order valence-corrected chi connectivity index (χ3v) is 4.54.